The molecule has 0 aromatic rings. The summed E-state index contributed by atoms with van der Waals surface area (Å²) in [7, 11) is 0. The molecule has 1 saturated heterocycles. The Balaban J connectivity index is 2.13. The van der Waals surface area contributed by atoms with Gasteiger partial charge >= 0.3 is 0 Å². The van der Waals surface area contributed by atoms with Crippen LogP contribution < -0.4 is 5.32 Å². The van der Waals surface area contributed by atoms with E-state index in [9.17, 15) is 30.3 Å². The van der Waals surface area contributed by atoms with Gasteiger partial charge in [0.15, 0.2) is 6.29 Å². The van der Waals surface area contributed by atoms with Crippen molar-refractivity contribution >= 4 is 5.91 Å². The second-order valence-electron chi connectivity index (χ2n) is 19.0. The second kappa shape index (κ2) is 45.9. The van der Waals surface area contributed by atoms with Crippen molar-refractivity contribution in [2.75, 3.05) is 13.2 Å². The number of rotatable bonds is 46. The Bertz CT molecular complexity index is 1160. The van der Waals surface area contributed by atoms with Gasteiger partial charge in [0.25, 0.3) is 0 Å². The Hall–Kier alpha value is -1.85. The number of carbonyl (C=O) groups is 1. The van der Waals surface area contributed by atoms with Crippen LogP contribution in [0, 0.1) is 0 Å². The molecule has 1 rings (SSSR count). The Morgan fingerprint density at radius 3 is 1.34 bits per heavy atom. The van der Waals surface area contributed by atoms with Crippen LogP contribution in [0.3, 0.4) is 0 Å². The molecule has 380 valence electrons. The van der Waals surface area contributed by atoms with E-state index in [-0.39, 0.29) is 12.5 Å². The van der Waals surface area contributed by atoms with Crippen molar-refractivity contribution in [1.82, 2.24) is 5.32 Å². The van der Waals surface area contributed by atoms with Gasteiger partial charge < -0.3 is 40.3 Å². The lowest BCUT2D eigenvalue weighted by molar-refractivity contribution is -0.302. The molecule has 1 fully saturated rings. The van der Waals surface area contributed by atoms with E-state index in [0.29, 0.717) is 6.42 Å². The summed E-state index contributed by atoms with van der Waals surface area (Å²) in [4.78, 5) is 13.0. The number of allylic oxidation sites excluding steroid dienone is 7. The number of hydrogen-bond acceptors (Lipinski definition) is 8. The molecule has 0 radical (unpaired) electrons. The largest absolute Gasteiger partial charge is 0.394 e. The van der Waals surface area contributed by atoms with Gasteiger partial charge in [0, 0.05) is 6.42 Å². The summed E-state index contributed by atoms with van der Waals surface area (Å²) in [6.07, 6.45) is 53.3. The van der Waals surface area contributed by atoms with Gasteiger partial charge in [-0.3, -0.25) is 4.79 Å². The maximum absolute atomic E-state index is 13.0. The van der Waals surface area contributed by atoms with E-state index in [1.54, 1.807) is 6.08 Å². The first kappa shape index (κ1) is 61.2. The van der Waals surface area contributed by atoms with Crippen LogP contribution in [-0.2, 0) is 14.3 Å². The first-order chi connectivity index (χ1) is 31.8. The van der Waals surface area contributed by atoms with Gasteiger partial charge in [-0.1, -0.05) is 229 Å². The lowest BCUT2D eigenvalue weighted by Gasteiger charge is -2.40. The van der Waals surface area contributed by atoms with Gasteiger partial charge in [-0.05, 0) is 57.8 Å². The minimum atomic E-state index is -1.57. The SMILES string of the molecule is CCCCCCC/C=C\C/C=C\C/C=C\CCCCCCCCCCCCCCCCCCC(=O)NC(COC1OC(CO)C(O)C(O)C1O)C(O)/C=C/CCCCCCCCCCC. The zero-order valence-corrected chi connectivity index (χ0v) is 42.0. The van der Waals surface area contributed by atoms with Gasteiger partial charge in [-0.15, -0.1) is 0 Å². The Kier molecular flexibility index (Phi) is 43.2. The van der Waals surface area contributed by atoms with Gasteiger partial charge in [-0.25, -0.2) is 0 Å². The highest BCUT2D eigenvalue weighted by Crippen LogP contribution is 2.23. The number of aliphatic hydroxyl groups excluding tert-OH is 5. The number of hydrogen-bond donors (Lipinski definition) is 6. The van der Waals surface area contributed by atoms with Crippen molar-refractivity contribution < 1.29 is 39.8 Å². The van der Waals surface area contributed by atoms with Crippen molar-refractivity contribution in [3.63, 3.8) is 0 Å². The van der Waals surface area contributed by atoms with Crippen molar-refractivity contribution in [1.29, 1.82) is 0 Å². The van der Waals surface area contributed by atoms with E-state index < -0.39 is 49.5 Å². The molecule has 65 heavy (non-hydrogen) atoms. The third-order valence-corrected chi connectivity index (χ3v) is 12.9. The fraction of sp³-hybridized carbons (Fsp3) is 0.839. The van der Waals surface area contributed by atoms with Gasteiger partial charge in [0.05, 0.1) is 25.4 Å². The fourth-order valence-corrected chi connectivity index (χ4v) is 8.52. The molecule has 0 aromatic heterocycles. The standard InChI is InChI=1S/C56H103NO8/c1-3-5-7-9-11-13-15-16-17-18-19-20-21-22-23-24-25-26-27-28-29-30-31-32-33-34-36-38-40-42-44-46-52(60)57-49(48-64-56-55(63)54(62)53(61)51(47-58)65-56)50(59)45-43-41-39-37-35-14-12-10-8-6-4-2/h15-16,18-19,21-22,43,45,49-51,53-56,58-59,61-63H,3-14,17,20,23-42,44,46-48H2,1-2H3,(H,57,60)/b16-15-,19-18-,22-21-,45-43+. The number of carbonyl (C=O) groups excluding carboxylic acids is 1. The highest BCUT2D eigenvalue weighted by molar-refractivity contribution is 5.76. The summed E-state index contributed by atoms with van der Waals surface area (Å²) < 4.78 is 11.2. The summed E-state index contributed by atoms with van der Waals surface area (Å²) in [5.74, 6) is -0.178. The van der Waals surface area contributed by atoms with Crippen LogP contribution in [0.5, 0.6) is 0 Å². The number of nitrogens with one attached hydrogen (secondary N) is 1. The molecular formula is C56H103NO8. The molecule has 1 aliphatic heterocycles. The van der Waals surface area contributed by atoms with Crippen molar-refractivity contribution in [3.8, 4) is 0 Å². The van der Waals surface area contributed by atoms with Crippen LogP contribution in [0.2, 0.25) is 0 Å². The summed E-state index contributed by atoms with van der Waals surface area (Å²) in [6.45, 7) is 3.75. The minimum absolute atomic E-state index is 0.178. The summed E-state index contributed by atoms with van der Waals surface area (Å²) >= 11 is 0. The smallest absolute Gasteiger partial charge is 0.220 e. The van der Waals surface area contributed by atoms with Crippen LogP contribution in [-0.4, -0.2) is 87.5 Å². The van der Waals surface area contributed by atoms with Crippen molar-refractivity contribution in [2.24, 2.45) is 0 Å². The molecule has 9 heteroatoms. The quantitative estimate of drug-likeness (QED) is 0.0261. The Labute approximate surface area is 399 Å². The van der Waals surface area contributed by atoms with Gasteiger partial charge in [0.1, 0.15) is 24.4 Å². The molecule has 0 aliphatic carbocycles. The summed E-state index contributed by atoms with van der Waals surface area (Å²) in [5.41, 5.74) is 0. The number of unbranched alkanes of at least 4 members (excludes halogenated alkanes) is 30. The molecule has 0 spiro atoms. The maximum atomic E-state index is 13.0. The highest BCUT2D eigenvalue weighted by Gasteiger charge is 2.44. The summed E-state index contributed by atoms with van der Waals surface area (Å²) in [5, 5.41) is 54.3. The molecule has 0 bridgehead atoms. The molecule has 1 aliphatic rings. The van der Waals surface area contributed by atoms with Crippen LogP contribution in [0.25, 0.3) is 0 Å². The van der Waals surface area contributed by atoms with E-state index in [0.717, 1.165) is 51.4 Å². The minimum Gasteiger partial charge on any atom is -0.394 e. The first-order valence-electron chi connectivity index (χ1n) is 27.4. The lowest BCUT2D eigenvalue weighted by Crippen LogP contribution is -2.60. The zero-order valence-electron chi connectivity index (χ0n) is 42.0. The fourth-order valence-electron chi connectivity index (χ4n) is 8.52. The topological polar surface area (TPSA) is 149 Å². The van der Waals surface area contributed by atoms with Crippen LogP contribution in [0.15, 0.2) is 48.6 Å². The van der Waals surface area contributed by atoms with Gasteiger partial charge in [0.2, 0.25) is 5.91 Å². The molecule has 0 saturated carbocycles. The van der Waals surface area contributed by atoms with Crippen LogP contribution in [0.1, 0.15) is 245 Å². The van der Waals surface area contributed by atoms with Crippen LogP contribution in [0.4, 0.5) is 0 Å². The van der Waals surface area contributed by atoms with Gasteiger partial charge in [-0.2, -0.15) is 0 Å². The monoisotopic (exact) mass is 918 g/mol. The third-order valence-electron chi connectivity index (χ3n) is 12.9. The van der Waals surface area contributed by atoms with Crippen LogP contribution >= 0.6 is 0 Å². The number of aliphatic hydroxyl groups is 5. The van der Waals surface area contributed by atoms with E-state index in [4.69, 9.17) is 9.47 Å². The van der Waals surface area contributed by atoms with E-state index in [2.05, 4.69) is 55.6 Å². The van der Waals surface area contributed by atoms with Crippen molar-refractivity contribution in [3.05, 3.63) is 48.6 Å². The third kappa shape index (κ3) is 35.9. The summed E-state index contributed by atoms with van der Waals surface area (Å²) in [6, 6.07) is -0.803. The Morgan fingerprint density at radius 1 is 0.523 bits per heavy atom. The predicted octanol–water partition coefficient (Wildman–Crippen LogP) is 13.0. The average Bonchev–Trinajstić information content (AvgIpc) is 3.31. The van der Waals surface area contributed by atoms with E-state index in [1.807, 2.05) is 6.08 Å². The first-order valence-corrected chi connectivity index (χ1v) is 27.4. The van der Waals surface area contributed by atoms with E-state index in [1.165, 1.54) is 173 Å². The molecule has 0 aromatic carbocycles. The molecule has 1 amide bonds. The number of ether oxygens (including phenoxy) is 2. The molecule has 9 nitrogen and oxygen atoms in total. The van der Waals surface area contributed by atoms with Crippen molar-refractivity contribution in [2.45, 2.75) is 288 Å². The molecule has 7 atom stereocenters. The highest BCUT2D eigenvalue weighted by atomic mass is 16.7. The lowest BCUT2D eigenvalue weighted by atomic mass is 9.99. The normalized spacial score (nSPS) is 20.3. The maximum Gasteiger partial charge on any atom is 0.220 e. The molecular weight excluding hydrogens is 815 g/mol. The average molecular weight is 918 g/mol. The predicted molar refractivity (Wildman–Crippen MR) is 272 cm³/mol. The number of amides is 1. The molecule has 7 unspecified atom stereocenters. The Morgan fingerprint density at radius 2 is 0.908 bits per heavy atom. The molecule has 6 N–H and O–H groups in total. The van der Waals surface area contributed by atoms with E-state index >= 15 is 0 Å². The second-order valence-corrected chi connectivity index (χ2v) is 19.0. The zero-order chi connectivity index (χ0) is 47.3. The molecule has 1 heterocycles.